The van der Waals surface area contributed by atoms with E-state index in [0.29, 0.717) is 11.8 Å². The van der Waals surface area contributed by atoms with Crippen molar-refractivity contribution in [3.05, 3.63) is 11.7 Å². The summed E-state index contributed by atoms with van der Waals surface area (Å²) in [5, 5.41) is 4.23. The lowest BCUT2D eigenvalue weighted by Gasteiger charge is -2.46. The Morgan fingerprint density at radius 1 is 1.21 bits per heavy atom. The van der Waals surface area contributed by atoms with Crippen LogP contribution in [0.1, 0.15) is 76.9 Å². The van der Waals surface area contributed by atoms with Gasteiger partial charge in [0.05, 0.1) is 5.54 Å². The first-order chi connectivity index (χ1) is 8.91. The highest BCUT2D eigenvalue weighted by Crippen LogP contribution is 2.48. The van der Waals surface area contributed by atoms with Crippen LogP contribution in [0.5, 0.6) is 0 Å². The normalized spacial score (nSPS) is 32.5. The van der Waals surface area contributed by atoms with Crippen LogP contribution in [0.15, 0.2) is 4.52 Å². The van der Waals surface area contributed by atoms with Crippen LogP contribution in [-0.2, 0) is 5.54 Å². The molecule has 0 spiro atoms. The van der Waals surface area contributed by atoms with Crippen molar-refractivity contribution < 1.29 is 4.52 Å². The van der Waals surface area contributed by atoms with Crippen LogP contribution in [0.2, 0.25) is 0 Å². The van der Waals surface area contributed by atoms with Crippen molar-refractivity contribution in [3.8, 4) is 0 Å². The van der Waals surface area contributed by atoms with Gasteiger partial charge in [-0.3, -0.25) is 0 Å². The minimum absolute atomic E-state index is 0.176. The monoisotopic (exact) mass is 263 g/mol. The number of hydrogen-bond donors (Lipinski definition) is 1. The molecule has 2 fully saturated rings. The van der Waals surface area contributed by atoms with Gasteiger partial charge in [-0.1, -0.05) is 38.8 Å². The van der Waals surface area contributed by atoms with E-state index in [1.165, 1.54) is 19.3 Å². The maximum absolute atomic E-state index is 6.76. The highest BCUT2D eigenvalue weighted by atomic mass is 16.5. The molecule has 19 heavy (non-hydrogen) atoms. The summed E-state index contributed by atoms with van der Waals surface area (Å²) in [6.07, 6.45) is 6.92. The maximum Gasteiger partial charge on any atom is 0.229 e. The fraction of sp³-hybridized carbons (Fsp3) is 0.867. The van der Waals surface area contributed by atoms with Gasteiger partial charge in [0.25, 0.3) is 0 Å². The van der Waals surface area contributed by atoms with E-state index in [9.17, 15) is 0 Å². The first-order valence-corrected chi connectivity index (χ1v) is 7.54. The lowest BCUT2D eigenvalue weighted by atomic mass is 9.62. The summed E-state index contributed by atoms with van der Waals surface area (Å²) in [6, 6.07) is 0. The molecule has 3 rings (SSSR count). The molecule has 2 unspecified atom stereocenters. The van der Waals surface area contributed by atoms with Crippen LogP contribution in [0.4, 0.5) is 0 Å². The minimum Gasteiger partial charge on any atom is -0.339 e. The molecule has 4 heteroatoms. The molecular weight excluding hydrogens is 238 g/mol. The van der Waals surface area contributed by atoms with Crippen LogP contribution in [0.25, 0.3) is 0 Å². The SMILES string of the molecule is CC(C)(C)C1CCCCC1(N)c1noc(C2CC2)n1. The van der Waals surface area contributed by atoms with E-state index in [1.54, 1.807) is 0 Å². The van der Waals surface area contributed by atoms with E-state index >= 15 is 0 Å². The number of hydrogen-bond acceptors (Lipinski definition) is 4. The van der Waals surface area contributed by atoms with Gasteiger partial charge in [-0.05, 0) is 37.0 Å². The van der Waals surface area contributed by atoms with Gasteiger partial charge in [-0.2, -0.15) is 4.98 Å². The maximum atomic E-state index is 6.76. The Labute approximate surface area is 115 Å². The van der Waals surface area contributed by atoms with Crippen molar-refractivity contribution in [3.63, 3.8) is 0 Å². The van der Waals surface area contributed by atoms with Gasteiger partial charge in [0.2, 0.25) is 5.89 Å². The summed E-state index contributed by atoms with van der Waals surface area (Å²) in [6.45, 7) is 6.81. The molecule has 2 saturated carbocycles. The Kier molecular flexibility index (Phi) is 2.97. The van der Waals surface area contributed by atoms with Gasteiger partial charge in [-0.15, -0.1) is 0 Å². The van der Waals surface area contributed by atoms with E-state index in [2.05, 4.69) is 30.9 Å². The van der Waals surface area contributed by atoms with Crippen LogP contribution >= 0.6 is 0 Å². The van der Waals surface area contributed by atoms with Crippen LogP contribution in [-0.4, -0.2) is 10.1 Å². The Hall–Kier alpha value is -0.900. The summed E-state index contributed by atoms with van der Waals surface area (Å²) in [4.78, 5) is 4.63. The van der Waals surface area contributed by atoms with Crippen molar-refractivity contribution >= 4 is 0 Å². The largest absolute Gasteiger partial charge is 0.339 e. The highest BCUT2D eigenvalue weighted by Gasteiger charge is 2.48. The lowest BCUT2D eigenvalue weighted by Crippen LogP contribution is -2.51. The van der Waals surface area contributed by atoms with E-state index < -0.39 is 5.54 Å². The molecule has 1 aromatic heterocycles. The zero-order valence-electron chi connectivity index (χ0n) is 12.3. The van der Waals surface area contributed by atoms with E-state index in [-0.39, 0.29) is 5.41 Å². The number of aromatic nitrogens is 2. The summed E-state index contributed by atoms with van der Waals surface area (Å²) in [5.41, 5.74) is 6.53. The molecule has 0 radical (unpaired) electrons. The van der Waals surface area contributed by atoms with Crippen molar-refractivity contribution in [2.24, 2.45) is 17.1 Å². The van der Waals surface area contributed by atoms with Gasteiger partial charge in [-0.25, -0.2) is 0 Å². The van der Waals surface area contributed by atoms with Gasteiger partial charge in [0.1, 0.15) is 0 Å². The summed E-state index contributed by atoms with van der Waals surface area (Å²) >= 11 is 0. The molecule has 2 aliphatic rings. The summed E-state index contributed by atoms with van der Waals surface area (Å²) < 4.78 is 5.43. The van der Waals surface area contributed by atoms with E-state index in [0.717, 1.165) is 31.0 Å². The van der Waals surface area contributed by atoms with E-state index in [1.807, 2.05) is 0 Å². The van der Waals surface area contributed by atoms with Gasteiger partial charge in [0.15, 0.2) is 5.82 Å². The Morgan fingerprint density at radius 2 is 1.95 bits per heavy atom. The predicted molar refractivity (Wildman–Crippen MR) is 73.6 cm³/mol. The van der Waals surface area contributed by atoms with Crippen LogP contribution in [0.3, 0.4) is 0 Å². The quantitative estimate of drug-likeness (QED) is 0.888. The third-order valence-corrected chi connectivity index (χ3v) is 4.79. The molecular formula is C15H25N3O. The lowest BCUT2D eigenvalue weighted by molar-refractivity contribution is 0.0698. The minimum atomic E-state index is -0.410. The smallest absolute Gasteiger partial charge is 0.229 e. The zero-order chi connectivity index (χ0) is 13.7. The van der Waals surface area contributed by atoms with Crippen molar-refractivity contribution in [2.45, 2.75) is 70.8 Å². The molecule has 106 valence electrons. The van der Waals surface area contributed by atoms with Gasteiger partial charge < -0.3 is 10.3 Å². The second kappa shape index (κ2) is 4.30. The number of nitrogens with zero attached hydrogens (tertiary/aromatic N) is 2. The Morgan fingerprint density at radius 3 is 2.58 bits per heavy atom. The highest BCUT2D eigenvalue weighted by molar-refractivity contribution is 5.13. The average molecular weight is 263 g/mol. The molecule has 1 aromatic rings. The van der Waals surface area contributed by atoms with Crippen LogP contribution < -0.4 is 5.73 Å². The van der Waals surface area contributed by atoms with Crippen molar-refractivity contribution in [1.29, 1.82) is 0 Å². The molecule has 2 aliphatic carbocycles. The fourth-order valence-corrected chi connectivity index (χ4v) is 3.59. The fourth-order valence-electron chi connectivity index (χ4n) is 3.59. The second-order valence-electron chi connectivity index (χ2n) is 7.44. The zero-order valence-corrected chi connectivity index (χ0v) is 12.3. The molecule has 2 atom stereocenters. The molecule has 0 amide bonds. The summed E-state index contributed by atoms with van der Waals surface area (Å²) in [7, 11) is 0. The Balaban J connectivity index is 1.92. The molecule has 4 nitrogen and oxygen atoms in total. The molecule has 0 aliphatic heterocycles. The molecule has 2 N–H and O–H groups in total. The second-order valence-corrected chi connectivity index (χ2v) is 7.44. The first kappa shape index (κ1) is 13.1. The van der Waals surface area contributed by atoms with Crippen molar-refractivity contribution in [1.82, 2.24) is 10.1 Å². The first-order valence-electron chi connectivity index (χ1n) is 7.54. The van der Waals surface area contributed by atoms with Crippen molar-refractivity contribution in [2.75, 3.05) is 0 Å². The predicted octanol–water partition coefficient (Wildman–Crippen LogP) is 3.34. The summed E-state index contributed by atoms with van der Waals surface area (Å²) in [5.74, 6) is 2.46. The number of rotatable bonds is 2. The van der Waals surface area contributed by atoms with Crippen LogP contribution in [0, 0.1) is 11.3 Å². The third-order valence-electron chi connectivity index (χ3n) is 4.79. The third kappa shape index (κ3) is 2.31. The average Bonchev–Trinajstić information content (AvgIpc) is 3.05. The molecule has 0 bridgehead atoms. The molecule has 0 saturated heterocycles. The van der Waals surface area contributed by atoms with Gasteiger partial charge >= 0.3 is 0 Å². The molecule has 1 heterocycles. The molecule has 0 aromatic carbocycles. The standard InChI is InChI=1S/C15H25N3O/c1-14(2,3)11-6-4-5-9-15(11,16)13-17-12(19-18-13)10-7-8-10/h10-11H,4-9,16H2,1-3H3. The van der Waals surface area contributed by atoms with Gasteiger partial charge in [0, 0.05) is 5.92 Å². The topological polar surface area (TPSA) is 64.9 Å². The van der Waals surface area contributed by atoms with E-state index in [4.69, 9.17) is 10.3 Å². The number of nitrogens with two attached hydrogens (primary N) is 1. The Bertz CT molecular complexity index is 458.